The fourth-order valence-corrected chi connectivity index (χ4v) is 2.42. The Labute approximate surface area is 110 Å². The molecule has 0 radical (unpaired) electrons. The van der Waals surface area contributed by atoms with E-state index in [1.54, 1.807) is 0 Å². The average molecular weight is 268 g/mol. The van der Waals surface area contributed by atoms with Crippen molar-refractivity contribution in [1.29, 1.82) is 0 Å². The van der Waals surface area contributed by atoms with Crippen molar-refractivity contribution >= 4 is 11.4 Å². The predicted molar refractivity (Wildman–Crippen MR) is 69.7 cm³/mol. The molecule has 0 aliphatic carbocycles. The number of benzene rings is 1. The van der Waals surface area contributed by atoms with Crippen LogP contribution in [0.3, 0.4) is 0 Å². The van der Waals surface area contributed by atoms with E-state index >= 15 is 0 Å². The Balaban J connectivity index is 2.05. The van der Waals surface area contributed by atoms with Crippen LogP contribution in [0.1, 0.15) is 19.8 Å². The molecule has 1 aromatic rings. The number of nitrogens with zero attached hydrogens (tertiary/aromatic N) is 1. The number of nitro groups is 1. The third-order valence-electron chi connectivity index (χ3n) is 3.46. The highest BCUT2D eigenvalue weighted by molar-refractivity contribution is 5.61. The van der Waals surface area contributed by atoms with E-state index in [0.717, 1.165) is 25.5 Å². The number of nitro benzene ring substituents is 1. The molecule has 104 valence electrons. The van der Waals surface area contributed by atoms with Crippen LogP contribution in [0.5, 0.6) is 0 Å². The van der Waals surface area contributed by atoms with Crippen LogP contribution in [0, 0.1) is 21.8 Å². The van der Waals surface area contributed by atoms with Crippen molar-refractivity contribution in [3.63, 3.8) is 0 Å². The molecule has 6 heteroatoms. The van der Waals surface area contributed by atoms with Crippen LogP contribution in [-0.4, -0.2) is 24.2 Å². The van der Waals surface area contributed by atoms with Gasteiger partial charge in [-0.15, -0.1) is 0 Å². The zero-order valence-electron chi connectivity index (χ0n) is 10.8. The van der Waals surface area contributed by atoms with Crippen LogP contribution in [0.4, 0.5) is 15.8 Å². The Morgan fingerprint density at radius 2 is 2.37 bits per heavy atom. The maximum atomic E-state index is 13.0. The Morgan fingerprint density at radius 1 is 1.58 bits per heavy atom. The smallest absolute Gasteiger partial charge is 0.295 e. The lowest BCUT2D eigenvalue weighted by Crippen LogP contribution is -2.23. The molecule has 1 aliphatic heterocycles. The molecular weight excluding hydrogens is 251 g/mol. The molecule has 1 N–H and O–H groups in total. The van der Waals surface area contributed by atoms with Crippen molar-refractivity contribution in [3.05, 3.63) is 34.1 Å². The highest BCUT2D eigenvalue weighted by atomic mass is 19.1. The number of hydrogen-bond donors (Lipinski definition) is 1. The minimum Gasteiger partial charge on any atom is -0.379 e. The van der Waals surface area contributed by atoms with Gasteiger partial charge < -0.3 is 10.1 Å². The van der Waals surface area contributed by atoms with Gasteiger partial charge in [0.2, 0.25) is 0 Å². The first-order chi connectivity index (χ1) is 9.11. The summed E-state index contributed by atoms with van der Waals surface area (Å²) < 4.78 is 18.6. The van der Waals surface area contributed by atoms with E-state index in [4.69, 9.17) is 4.74 Å². The monoisotopic (exact) mass is 268 g/mol. The average Bonchev–Trinajstić information content (AvgIpc) is 2.84. The molecule has 1 aromatic carbocycles. The van der Waals surface area contributed by atoms with E-state index in [9.17, 15) is 14.5 Å². The van der Waals surface area contributed by atoms with Crippen LogP contribution in [0.15, 0.2) is 18.2 Å². The fourth-order valence-electron chi connectivity index (χ4n) is 2.42. The second-order valence-electron chi connectivity index (χ2n) is 4.67. The van der Waals surface area contributed by atoms with Crippen molar-refractivity contribution in [2.45, 2.75) is 25.9 Å². The summed E-state index contributed by atoms with van der Waals surface area (Å²) in [6, 6.07) is 3.56. The topological polar surface area (TPSA) is 64.4 Å². The molecule has 0 amide bonds. The SMILES string of the molecule is CCC1OCCC1CNc1ccc(F)cc1[N+](=O)[O-]. The molecule has 1 fully saturated rings. The summed E-state index contributed by atoms with van der Waals surface area (Å²) in [4.78, 5) is 10.3. The van der Waals surface area contributed by atoms with Crippen LogP contribution < -0.4 is 5.32 Å². The summed E-state index contributed by atoms with van der Waals surface area (Å²) in [5.74, 6) is -0.262. The molecule has 5 nitrogen and oxygen atoms in total. The number of anilines is 1. The standard InChI is InChI=1S/C13H17FN2O3/c1-2-13-9(5-6-19-13)8-15-11-4-3-10(14)7-12(11)16(17)18/h3-4,7,9,13,15H,2,5-6,8H2,1H3. The van der Waals surface area contributed by atoms with Crippen LogP contribution in [0.2, 0.25) is 0 Å². The lowest BCUT2D eigenvalue weighted by atomic mass is 9.99. The molecule has 0 bridgehead atoms. The molecule has 2 atom stereocenters. The summed E-state index contributed by atoms with van der Waals surface area (Å²) in [5, 5.41) is 13.9. The summed E-state index contributed by atoms with van der Waals surface area (Å²) in [5.41, 5.74) is 0.125. The Morgan fingerprint density at radius 3 is 3.05 bits per heavy atom. The second-order valence-corrected chi connectivity index (χ2v) is 4.67. The summed E-state index contributed by atoms with van der Waals surface area (Å²) >= 11 is 0. The van der Waals surface area contributed by atoms with E-state index in [2.05, 4.69) is 12.2 Å². The minimum atomic E-state index is -0.604. The quantitative estimate of drug-likeness (QED) is 0.658. The number of halogens is 1. The lowest BCUT2D eigenvalue weighted by molar-refractivity contribution is -0.384. The van der Waals surface area contributed by atoms with Gasteiger partial charge in [0, 0.05) is 19.1 Å². The van der Waals surface area contributed by atoms with Crippen LogP contribution in [-0.2, 0) is 4.74 Å². The maximum absolute atomic E-state index is 13.0. The zero-order chi connectivity index (χ0) is 13.8. The van der Waals surface area contributed by atoms with Crippen molar-refractivity contribution in [1.82, 2.24) is 0 Å². The fraction of sp³-hybridized carbons (Fsp3) is 0.538. The van der Waals surface area contributed by atoms with Gasteiger partial charge in [-0.05, 0) is 25.0 Å². The molecule has 1 aliphatic rings. The van der Waals surface area contributed by atoms with Crippen molar-refractivity contribution in [3.8, 4) is 0 Å². The molecule has 2 unspecified atom stereocenters. The normalized spacial score (nSPS) is 22.4. The molecule has 2 rings (SSSR count). The van der Waals surface area contributed by atoms with Crippen LogP contribution in [0.25, 0.3) is 0 Å². The summed E-state index contributed by atoms with van der Waals surface area (Å²) in [7, 11) is 0. The first kappa shape index (κ1) is 13.7. The Kier molecular flexibility index (Phi) is 4.31. The molecule has 1 heterocycles. The Hall–Kier alpha value is -1.69. The first-order valence-electron chi connectivity index (χ1n) is 6.41. The summed E-state index contributed by atoms with van der Waals surface area (Å²) in [6.07, 6.45) is 2.07. The van der Waals surface area contributed by atoms with Crippen molar-refractivity contribution < 1.29 is 14.1 Å². The predicted octanol–water partition coefficient (Wildman–Crippen LogP) is 2.96. The maximum Gasteiger partial charge on any atom is 0.295 e. The van der Waals surface area contributed by atoms with Gasteiger partial charge in [-0.2, -0.15) is 0 Å². The highest BCUT2D eigenvalue weighted by Crippen LogP contribution is 2.28. The van der Waals surface area contributed by atoms with Gasteiger partial charge >= 0.3 is 0 Å². The van der Waals surface area contributed by atoms with Gasteiger partial charge in [0.05, 0.1) is 17.1 Å². The lowest BCUT2D eigenvalue weighted by Gasteiger charge is -2.17. The van der Waals surface area contributed by atoms with Gasteiger partial charge in [0.1, 0.15) is 11.5 Å². The van der Waals surface area contributed by atoms with E-state index in [1.807, 2.05) is 0 Å². The minimum absolute atomic E-state index is 0.201. The number of ether oxygens (including phenoxy) is 1. The molecule has 1 saturated heterocycles. The third-order valence-corrected chi connectivity index (χ3v) is 3.46. The number of hydrogen-bond acceptors (Lipinski definition) is 4. The molecule has 0 aromatic heterocycles. The van der Waals surface area contributed by atoms with Gasteiger partial charge in [-0.3, -0.25) is 10.1 Å². The van der Waals surface area contributed by atoms with Crippen molar-refractivity contribution in [2.24, 2.45) is 5.92 Å². The third kappa shape index (κ3) is 3.20. The highest BCUT2D eigenvalue weighted by Gasteiger charge is 2.27. The van der Waals surface area contributed by atoms with Gasteiger partial charge in [-0.25, -0.2) is 4.39 Å². The number of nitrogens with one attached hydrogen (secondary N) is 1. The van der Waals surface area contributed by atoms with Crippen LogP contribution >= 0.6 is 0 Å². The van der Waals surface area contributed by atoms with Gasteiger partial charge in [0.25, 0.3) is 5.69 Å². The molecule has 0 saturated carbocycles. The number of rotatable bonds is 5. The van der Waals surface area contributed by atoms with E-state index in [-0.39, 0.29) is 11.8 Å². The molecule has 19 heavy (non-hydrogen) atoms. The summed E-state index contributed by atoms with van der Waals surface area (Å²) in [6.45, 7) is 3.39. The molecular formula is C13H17FN2O3. The zero-order valence-corrected chi connectivity index (χ0v) is 10.8. The van der Waals surface area contributed by atoms with E-state index < -0.39 is 10.7 Å². The largest absolute Gasteiger partial charge is 0.379 e. The van der Waals surface area contributed by atoms with E-state index in [0.29, 0.717) is 18.2 Å². The van der Waals surface area contributed by atoms with Gasteiger partial charge in [0.15, 0.2) is 0 Å². The Bertz CT molecular complexity index is 467. The first-order valence-corrected chi connectivity index (χ1v) is 6.41. The second kappa shape index (κ2) is 5.97. The van der Waals surface area contributed by atoms with Gasteiger partial charge in [-0.1, -0.05) is 6.92 Å². The molecule has 0 spiro atoms. The van der Waals surface area contributed by atoms with Crippen molar-refractivity contribution in [2.75, 3.05) is 18.5 Å². The van der Waals surface area contributed by atoms with E-state index in [1.165, 1.54) is 12.1 Å².